The molecule has 1 aliphatic rings. The molecule has 0 amide bonds. The van der Waals surface area contributed by atoms with E-state index in [-0.39, 0.29) is 5.92 Å². The summed E-state index contributed by atoms with van der Waals surface area (Å²) < 4.78 is 49.7. The zero-order valence-corrected chi connectivity index (χ0v) is 52.9. The minimum Gasteiger partial charge on any atom is -0.374 e. The van der Waals surface area contributed by atoms with Gasteiger partial charge < -0.3 is 39.8 Å². The zero-order valence-electron chi connectivity index (χ0n) is 39.2. The largest absolute Gasteiger partial charge is 0.500 e. The topological polar surface area (TPSA) is 83.1 Å². The van der Waals surface area contributed by atoms with Crippen LogP contribution in [0, 0.1) is 11.3 Å². The molecule has 378 valence electrons. The Balaban J connectivity index is 4.44. The van der Waals surface area contributed by atoms with Gasteiger partial charge in [-0.2, -0.15) is 37.9 Å². The van der Waals surface area contributed by atoms with Gasteiger partial charge in [-0.15, -0.1) is 114 Å². The van der Waals surface area contributed by atoms with Gasteiger partial charge in [0.05, 0.1) is 9.49 Å². The lowest BCUT2D eigenvalue weighted by molar-refractivity contribution is -0.0204. The summed E-state index contributed by atoms with van der Waals surface area (Å²) >= 11 is 64.9. The van der Waals surface area contributed by atoms with E-state index in [1.165, 1.54) is 0 Å². The molecule has 0 aromatic carbocycles. The molecule has 1 aliphatic carbocycles. The molecule has 0 aromatic heterocycles. The zero-order chi connectivity index (χ0) is 48.5. The molecule has 1 fully saturated rings. The molecule has 63 heavy (non-hydrogen) atoms. The van der Waals surface area contributed by atoms with Crippen molar-refractivity contribution >= 4 is 178 Å². The Morgan fingerprint density at radius 2 is 0.667 bits per heavy atom. The molecular formula is C39H84O9S12Si3. The molecule has 0 saturated heterocycles. The van der Waals surface area contributed by atoms with Crippen LogP contribution in [0.3, 0.4) is 0 Å². The molecule has 0 spiro atoms. The van der Waals surface area contributed by atoms with Crippen LogP contribution in [0.15, 0.2) is 0 Å². The summed E-state index contributed by atoms with van der Waals surface area (Å²) in [6, 6.07) is 1.60. The van der Waals surface area contributed by atoms with Gasteiger partial charge in [-0.25, -0.2) is 0 Å². The first-order valence-electron chi connectivity index (χ1n) is 22.7. The molecule has 0 N–H and O–H groups in total. The number of thiol groups is 12. The minimum absolute atomic E-state index is 0.385. The average Bonchev–Trinajstić information content (AvgIpc) is 3.17. The van der Waals surface area contributed by atoms with Gasteiger partial charge in [-0.05, 0) is 120 Å². The molecule has 0 heterocycles. The summed E-state index contributed by atoms with van der Waals surface area (Å²) in [7, 11) is -9.28. The normalized spacial score (nSPS) is 21.6. The molecule has 4 unspecified atom stereocenters. The third-order valence-corrected chi connectivity index (χ3v) is 29.3. The van der Waals surface area contributed by atoms with E-state index in [9.17, 15) is 0 Å². The van der Waals surface area contributed by atoms with Crippen molar-refractivity contribution in [1.29, 1.82) is 0 Å². The van der Waals surface area contributed by atoms with Crippen LogP contribution in [-0.4, -0.2) is 110 Å². The van der Waals surface area contributed by atoms with Crippen molar-refractivity contribution in [3.63, 3.8) is 0 Å². The van der Waals surface area contributed by atoms with Gasteiger partial charge in [0.25, 0.3) is 0 Å². The molecule has 4 atom stereocenters. The molecule has 1 rings (SSSR count). The van der Waals surface area contributed by atoms with Gasteiger partial charge in [-0.3, -0.25) is 0 Å². The van der Waals surface area contributed by atoms with Crippen molar-refractivity contribution in [2.75, 3.05) is 59.5 Å². The SMILES string of the molecule is CCO[Si](CCCC(S)(C1CCCCC1(C(S)(CCC[Si](OCC)(OCC)OCC)C(S)(S)S)C(S)(CCC[Si](OCC)(OCC)OCC)C(S)(S)S)C(S)(S)S)(OCC)OCC. The minimum atomic E-state index is -3.11. The molecule has 0 aromatic rings. The van der Waals surface area contributed by atoms with Crippen LogP contribution >= 0.6 is 152 Å². The van der Waals surface area contributed by atoms with E-state index >= 15 is 0 Å². The van der Waals surface area contributed by atoms with E-state index in [2.05, 4.69) is 0 Å². The van der Waals surface area contributed by atoms with Crippen LogP contribution < -0.4 is 0 Å². The Morgan fingerprint density at radius 1 is 0.397 bits per heavy atom. The van der Waals surface area contributed by atoms with Crippen molar-refractivity contribution in [2.45, 2.75) is 169 Å². The second-order valence-corrected chi connectivity index (χ2v) is 35.6. The molecule has 1 saturated carbocycles. The van der Waals surface area contributed by atoms with Crippen LogP contribution in [0.25, 0.3) is 0 Å². The van der Waals surface area contributed by atoms with Gasteiger partial charge in [0.2, 0.25) is 0 Å². The number of rotatable bonds is 36. The summed E-state index contributed by atoms with van der Waals surface area (Å²) in [5, 5.41) is 0. The van der Waals surface area contributed by atoms with Gasteiger partial charge in [0.15, 0.2) is 0 Å². The maximum atomic E-state index is 6.35. The number of hydrogen-bond donors (Lipinski definition) is 12. The summed E-state index contributed by atoms with van der Waals surface area (Å²) in [4.78, 5) is 0. The Morgan fingerprint density at radius 3 is 0.905 bits per heavy atom. The maximum absolute atomic E-state index is 6.35. The number of hydrogen-bond acceptors (Lipinski definition) is 21. The Bertz CT molecular complexity index is 1180. The highest BCUT2D eigenvalue weighted by molar-refractivity contribution is 8.19. The lowest BCUT2D eigenvalue weighted by Gasteiger charge is -2.70. The third kappa shape index (κ3) is 16.5. The van der Waals surface area contributed by atoms with E-state index in [1.54, 1.807) is 0 Å². The molecule has 0 bridgehead atoms. The molecule has 0 aliphatic heterocycles. The summed E-state index contributed by atoms with van der Waals surface area (Å²) in [5.41, 5.74) is -1.03. The van der Waals surface area contributed by atoms with Crippen LogP contribution in [0.2, 0.25) is 18.1 Å². The maximum Gasteiger partial charge on any atom is 0.500 e. The third-order valence-electron chi connectivity index (χ3n) is 12.0. The first-order chi connectivity index (χ1) is 29.3. The van der Waals surface area contributed by atoms with E-state index in [0.29, 0.717) is 129 Å². The average molecular weight is 1170 g/mol. The Hall–Kier alpha value is 4.49. The fourth-order valence-corrected chi connectivity index (χ4v) is 22.1. The first-order valence-corrected chi connectivity index (χ1v) is 33.9. The van der Waals surface area contributed by atoms with Crippen molar-refractivity contribution < 1.29 is 39.8 Å². The van der Waals surface area contributed by atoms with E-state index in [1.807, 2.05) is 62.3 Å². The lowest BCUT2D eigenvalue weighted by Crippen LogP contribution is -2.73. The Kier molecular flexibility index (Phi) is 30.6. The van der Waals surface area contributed by atoms with Gasteiger partial charge >= 0.3 is 26.4 Å². The monoisotopic (exact) mass is 1160 g/mol. The first kappa shape index (κ1) is 65.5. The summed E-state index contributed by atoms with van der Waals surface area (Å²) in [6.45, 7) is 21.7. The summed E-state index contributed by atoms with van der Waals surface area (Å²) in [5.74, 6) is -0.385. The standard InChI is InChI=1S/C39H84O9S12Si3/c1-10-40-61(41-11-2,42-12-3)29-21-26-34(49,37(52,53)54)32-24-19-20-25-33(32,35(50,38(55,56)57)27-22-30-62(43-13-4,44-14-5)45-15-6)36(51,39(58,59)60)28-23-31-63(46-16-7,47-17-8)48-18-9/h32,49-60H,10-31H2,1-9H3. The molecule has 24 heteroatoms. The van der Waals surface area contributed by atoms with Crippen molar-refractivity contribution in [3.8, 4) is 0 Å². The van der Waals surface area contributed by atoms with Crippen LogP contribution in [0.4, 0.5) is 0 Å². The highest BCUT2D eigenvalue weighted by Gasteiger charge is 2.75. The second-order valence-electron chi connectivity index (χ2n) is 15.8. The van der Waals surface area contributed by atoms with Gasteiger partial charge in [0, 0.05) is 87.8 Å². The van der Waals surface area contributed by atoms with E-state index < -0.39 is 56.3 Å². The van der Waals surface area contributed by atoms with Crippen LogP contribution in [-0.2, 0) is 39.8 Å². The van der Waals surface area contributed by atoms with Gasteiger partial charge in [-0.1, -0.05) is 12.8 Å². The molecule has 9 nitrogen and oxygen atoms in total. The van der Waals surface area contributed by atoms with Crippen LogP contribution in [0.1, 0.15) is 127 Å². The van der Waals surface area contributed by atoms with Crippen molar-refractivity contribution in [2.24, 2.45) is 11.3 Å². The van der Waals surface area contributed by atoms with E-state index in [0.717, 1.165) is 12.8 Å². The molecular weight excluding hydrogens is 1080 g/mol. The van der Waals surface area contributed by atoms with Crippen molar-refractivity contribution in [1.82, 2.24) is 0 Å². The fourth-order valence-electron chi connectivity index (χ4n) is 9.81. The lowest BCUT2D eigenvalue weighted by atomic mass is 9.48. The van der Waals surface area contributed by atoms with Gasteiger partial charge in [0.1, 0.15) is 10.2 Å². The smallest absolute Gasteiger partial charge is 0.374 e. The van der Waals surface area contributed by atoms with Crippen LogP contribution in [0.5, 0.6) is 0 Å². The second kappa shape index (κ2) is 29.4. The Labute approximate surface area is 453 Å². The highest BCUT2D eigenvalue weighted by atomic mass is 32.2. The fraction of sp³-hybridized carbons (Fsp3) is 1.00. The van der Waals surface area contributed by atoms with Crippen molar-refractivity contribution in [3.05, 3.63) is 0 Å². The predicted octanol–water partition coefficient (Wildman–Crippen LogP) is 12.0. The van der Waals surface area contributed by atoms with E-state index in [4.69, 9.17) is 191 Å². The summed E-state index contributed by atoms with van der Waals surface area (Å²) in [6.07, 6.45) is 6.11. The quantitative estimate of drug-likeness (QED) is 0.0171. The molecule has 0 radical (unpaired) electrons. The highest BCUT2D eigenvalue weighted by Crippen LogP contribution is 2.75. The predicted molar refractivity (Wildman–Crippen MR) is 313 cm³/mol.